The smallest absolute Gasteiger partial charge is 0.264 e. The normalized spacial score (nSPS) is 18.6. The van der Waals surface area contributed by atoms with Crippen LogP contribution in [0.1, 0.15) is 27.9 Å². The lowest BCUT2D eigenvalue weighted by Crippen LogP contribution is -2.55. The van der Waals surface area contributed by atoms with Crippen LogP contribution in [0.2, 0.25) is 0 Å². The lowest BCUT2D eigenvalue weighted by atomic mass is 10.2. The van der Waals surface area contributed by atoms with Gasteiger partial charge < -0.3 is 20.7 Å². The number of carbonyl (C=O) groups excluding carboxylic acids is 2. The summed E-state index contributed by atoms with van der Waals surface area (Å²) in [6.07, 6.45) is 0.855. The van der Waals surface area contributed by atoms with Crippen LogP contribution in [0.5, 0.6) is 0 Å². The SMILES string of the molecule is CCCNC(=O)C1COCCN1C(=O)c1cc(N)c(C)s1. The van der Waals surface area contributed by atoms with E-state index in [4.69, 9.17) is 10.5 Å². The van der Waals surface area contributed by atoms with Gasteiger partial charge in [0.1, 0.15) is 6.04 Å². The van der Waals surface area contributed by atoms with Crippen LogP contribution in [-0.4, -0.2) is 49.1 Å². The Hall–Kier alpha value is -1.60. The summed E-state index contributed by atoms with van der Waals surface area (Å²) in [6, 6.07) is 1.11. The summed E-state index contributed by atoms with van der Waals surface area (Å²) < 4.78 is 5.35. The number of hydrogen-bond acceptors (Lipinski definition) is 5. The number of amides is 2. The first-order chi connectivity index (χ1) is 10.0. The fourth-order valence-corrected chi connectivity index (χ4v) is 3.07. The van der Waals surface area contributed by atoms with Crippen molar-refractivity contribution in [1.29, 1.82) is 0 Å². The number of aryl methyl sites for hydroxylation is 1. The Morgan fingerprint density at radius 3 is 2.95 bits per heavy atom. The average Bonchev–Trinajstić information content (AvgIpc) is 2.83. The van der Waals surface area contributed by atoms with E-state index in [9.17, 15) is 9.59 Å². The van der Waals surface area contributed by atoms with Crippen molar-refractivity contribution in [2.75, 3.05) is 32.0 Å². The molecule has 1 unspecified atom stereocenters. The van der Waals surface area contributed by atoms with Gasteiger partial charge in [-0.3, -0.25) is 9.59 Å². The third kappa shape index (κ3) is 3.54. The number of ether oxygens (including phenoxy) is 1. The fourth-order valence-electron chi connectivity index (χ4n) is 2.17. The minimum absolute atomic E-state index is 0.153. The molecule has 6 nitrogen and oxygen atoms in total. The Kier molecular flexibility index (Phi) is 5.19. The Balaban J connectivity index is 2.14. The Bertz CT molecular complexity index is 510. The molecule has 1 aromatic rings. The largest absolute Gasteiger partial charge is 0.398 e. The molecular weight excluding hydrogens is 290 g/mol. The third-order valence-electron chi connectivity index (χ3n) is 3.41. The number of carbonyl (C=O) groups is 2. The number of morpholine rings is 1. The number of hydrogen-bond donors (Lipinski definition) is 2. The van der Waals surface area contributed by atoms with Crippen molar-refractivity contribution in [3.63, 3.8) is 0 Å². The summed E-state index contributed by atoms with van der Waals surface area (Å²) in [4.78, 5) is 27.8. The summed E-state index contributed by atoms with van der Waals surface area (Å²) in [6.45, 7) is 5.56. The first-order valence-corrected chi connectivity index (χ1v) is 7.88. The van der Waals surface area contributed by atoms with Crippen LogP contribution in [-0.2, 0) is 9.53 Å². The van der Waals surface area contributed by atoms with Gasteiger partial charge in [-0.05, 0) is 19.4 Å². The first kappa shape index (κ1) is 15.8. The lowest BCUT2D eigenvalue weighted by Gasteiger charge is -2.34. The predicted octanol–water partition coefficient (Wildman–Crippen LogP) is 1.01. The number of nitrogen functional groups attached to an aromatic ring is 1. The predicted molar refractivity (Wildman–Crippen MR) is 82.4 cm³/mol. The fraction of sp³-hybridized carbons (Fsp3) is 0.571. The number of nitrogens with zero attached hydrogens (tertiary/aromatic N) is 1. The highest BCUT2D eigenvalue weighted by Crippen LogP contribution is 2.25. The van der Waals surface area contributed by atoms with Crippen LogP contribution in [0.4, 0.5) is 5.69 Å². The molecule has 0 bridgehead atoms. The van der Waals surface area contributed by atoms with Crippen molar-refractivity contribution in [3.8, 4) is 0 Å². The number of nitrogens with two attached hydrogens (primary N) is 1. The van der Waals surface area contributed by atoms with E-state index < -0.39 is 6.04 Å². The van der Waals surface area contributed by atoms with Gasteiger partial charge in [0.05, 0.1) is 18.1 Å². The minimum atomic E-state index is -0.568. The molecule has 1 aliphatic rings. The van der Waals surface area contributed by atoms with Gasteiger partial charge in [0.15, 0.2) is 0 Å². The van der Waals surface area contributed by atoms with Crippen molar-refractivity contribution >= 4 is 28.8 Å². The van der Waals surface area contributed by atoms with Gasteiger partial charge in [-0.1, -0.05) is 6.92 Å². The molecule has 1 fully saturated rings. The standard InChI is InChI=1S/C14H21N3O3S/c1-3-4-16-13(18)11-8-20-6-5-17(11)14(19)12-7-10(15)9(2)21-12/h7,11H,3-6,8,15H2,1-2H3,(H,16,18). The maximum atomic E-state index is 12.6. The van der Waals surface area contributed by atoms with Crippen LogP contribution in [0.3, 0.4) is 0 Å². The zero-order valence-electron chi connectivity index (χ0n) is 12.3. The molecule has 21 heavy (non-hydrogen) atoms. The molecule has 0 saturated carbocycles. The molecule has 1 aromatic heterocycles. The Labute approximate surface area is 128 Å². The zero-order chi connectivity index (χ0) is 15.4. The molecule has 1 saturated heterocycles. The monoisotopic (exact) mass is 311 g/mol. The van der Waals surface area contributed by atoms with Crippen LogP contribution in [0, 0.1) is 6.92 Å². The van der Waals surface area contributed by atoms with Gasteiger partial charge in [-0.2, -0.15) is 0 Å². The van der Waals surface area contributed by atoms with E-state index in [0.717, 1.165) is 11.3 Å². The Morgan fingerprint density at radius 1 is 1.57 bits per heavy atom. The zero-order valence-corrected chi connectivity index (χ0v) is 13.2. The molecule has 7 heteroatoms. The summed E-state index contributed by atoms with van der Waals surface area (Å²) in [5.74, 6) is -0.314. The second-order valence-corrected chi connectivity index (χ2v) is 6.26. The van der Waals surface area contributed by atoms with Crippen molar-refractivity contribution in [2.24, 2.45) is 0 Å². The van der Waals surface area contributed by atoms with E-state index in [1.165, 1.54) is 11.3 Å². The maximum Gasteiger partial charge on any atom is 0.264 e. The van der Waals surface area contributed by atoms with E-state index in [1.807, 2.05) is 13.8 Å². The van der Waals surface area contributed by atoms with Gasteiger partial charge in [0.25, 0.3) is 5.91 Å². The third-order valence-corrected chi connectivity index (χ3v) is 4.46. The van der Waals surface area contributed by atoms with E-state index in [1.54, 1.807) is 11.0 Å². The molecule has 0 aromatic carbocycles. The summed E-state index contributed by atoms with van der Waals surface area (Å²) >= 11 is 1.36. The van der Waals surface area contributed by atoms with Crippen molar-refractivity contribution in [2.45, 2.75) is 26.3 Å². The molecule has 0 radical (unpaired) electrons. The van der Waals surface area contributed by atoms with E-state index >= 15 is 0 Å². The highest BCUT2D eigenvalue weighted by molar-refractivity contribution is 7.14. The first-order valence-electron chi connectivity index (χ1n) is 7.07. The molecule has 0 spiro atoms. The van der Waals surface area contributed by atoms with Crippen LogP contribution >= 0.6 is 11.3 Å². The van der Waals surface area contributed by atoms with Crippen LogP contribution in [0.25, 0.3) is 0 Å². The molecule has 0 aliphatic carbocycles. The minimum Gasteiger partial charge on any atom is -0.398 e. The Morgan fingerprint density at radius 2 is 2.33 bits per heavy atom. The number of thiophene rings is 1. The summed E-state index contributed by atoms with van der Waals surface area (Å²) in [5, 5.41) is 2.82. The van der Waals surface area contributed by atoms with Crippen molar-refractivity contribution in [3.05, 3.63) is 15.8 Å². The highest BCUT2D eigenvalue weighted by Gasteiger charge is 2.33. The summed E-state index contributed by atoms with van der Waals surface area (Å²) in [5.41, 5.74) is 6.42. The average molecular weight is 311 g/mol. The quantitative estimate of drug-likeness (QED) is 0.869. The molecular formula is C14H21N3O3S. The molecule has 2 heterocycles. The lowest BCUT2D eigenvalue weighted by molar-refractivity contribution is -0.130. The van der Waals surface area contributed by atoms with Crippen LogP contribution in [0.15, 0.2) is 6.07 Å². The summed E-state index contributed by atoms with van der Waals surface area (Å²) in [7, 11) is 0. The molecule has 1 aliphatic heterocycles. The van der Waals surface area contributed by atoms with Gasteiger partial charge >= 0.3 is 0 Å². The number of nitrogens with one attached hydrogen (secondary N) is 1. The molecule has 3 N–H and O–H groups in total. The van der Waals surface area contributed by atoms with E-state index in [-0.39, 0.29) is 18.4 Å². The van der Waals surface area contributed by atoms with Gasteiger partial charge in [-0.15, -0.1) is 11.3 Å². The molecule has 2 amide bonds. The number of anilines is 1. The van der Waals surface area contributed by atoms with Gasteiger partial charge in [0.2, 0.25) is 5.91 Å². The van der Waals surface area contributed by atoms with Crippen LogP contribution < -0.4 is 11.1 Å². The van der Waals surface area contributed by atoms with E-state index in [2.05, 4.69) is 5.32 Å². The molecule has 2 rings (SSSR count). The van der Waals surface area contributed by atoms with Gasteiger partial charge in [-0.25, -0.2) is 0 Å². The highest BCUT2D eigenvalue weighted by atomic mass is 32.1. The maximum absolute atomic E-state index is 12.6. The second-order valence-electron chi connectivity index (χ2n) is 5.00. The van der Waals surface area contributed by atoms with E-state index in [0.29, 0.717) is 30.3 Å². The second kappa shape index (κ2) is 6.91. The topological polar surface area (TPSA) is 84.7 Å². The van der Waals surface area contributed by atoms with Gasteiger partial charge in [0, 0.05) is 23.7 Å². The van der Waals surface area contributed by atoms with Crippen molar-refractivity contribution in [1.82, 2.24) is 10.2 Å². The molecule has 1 atom stereocenters. The number of rotatable bonds is 4. The molecule has 116 valence electrons. The van der Waals surface area contributed by atoms with Crippen molar-refractivity contribution < 1.29 is 14.3 Å².